The molecule has 0 aromatic heterocycles. The lowest BCUT2D eigenvalue weighted by molar-refractivity contribution is -0.0335. The van der Waals surface area contributed by atoms with Gasteiger partial charge < -0.3 is 5.11 Å². The van der Waals surface area contributed by atoms with Crippen molar-refractivity contribution in [1.82, 2.24) is 4.72 Å². The average Bonchev–Trinajstić information content (AvgIpc) is 1.59. The predicted molar refractivity (Wildman–Crippen MR) is 24.8 cm³/mol. The van der Waals surface area contributed by atoms with Crippen LogP contribution in [0.2, 0.25) is 0 Å². The monoisotopic (exact) mass is 161 g/mol. The summed E-state index contributed by atoms with van der Waals surface area (Å²) in [5.41, 5.74) is -4.54. The van der Waals surface area contributed by atoms with Gasteiger partial charge in [-0.15, -0.1) is 0 Å². The fourth-order valence-electron chi connectivity index (χ4n) is 0.102. The summed E-state index contributed by atoms with van der Waals surface area (Å²) in [6.07, 6.45) is -1.71. The summed E-state index contributed by atoms with van der Waals surface area (Å²) in [6, 6.07) is 0. The molecule has 0 bridgehead atoms. The van der Waals surface area contributed by atoms with Gasteiger partial charge in [-0.3, -0.25) is 4.72 Å². The Balaban J connectivity index is 3.39. The maximum Gasteiger partial charge on any atom is 0.461 e. The zero-order chi connectivity index (χ0) is 7.49. The molecule has 54 valence electrons. The lowest BCUT2D eigenvalue weighted by Crippen LogP contribution is -2.18. The minimum absolute atomic E-state index is 0.808. The molecule has 0 radical (unpaired) electrons. The van der Waals surface area contributed by atoms with Gasteiger partial charge in [-0.1, -0.05) is 0 Å². The fourth-order valence-corrected chi connectivity index (χ4v) is 0.305. The van der Waals surface area contributed by atoms with Crippen LogP contribution in [0.5, 0.6) is 0 Å². The Kier molecular flexibility index (Phi) is 2.63. The minimum Gasteiger partial charge on any atom is -0.464 e. The van der Waals surface area contributed by atoms with Crippen molar-refractivity contribution in [3.63, 3.8) is 0 Å². The van der Waals surface area contributed by atoms with Crippen molar-refractivity contribution in [3.05, 3.63) is 0 Å². The first kappa shape index (κ1) is 8.41. The van der Waals surface area contributed by atoms with Crippen molar-refractivity contribution in [2.75, 3.05) is 0 Å². The summed E-state index contributed by atoms with van der Waals surface area (Å²) in [5, 5.41) is 7.64. The van der Waals surface area contributed by atoms with E-state index >= 15 is 0 Å². The normalized spacial score (nSPS) is 11.0. The van der Waals surface area contributed by atoms with Gasteiger partial charge in [-0.2, -0.15) is 13.2 Å². The molecule has 1 amide bonds. The molecule has 7 heteroatoms. The van der Waals surface area contributed by atoms with E-state index in [2.05, 4.69) is 0 Å². The second-order valence-corrected chi connectivity index (χ2v) is 1.83. The van der Waals surface area contributed by atoms with Crippen LogP contribution in [-0.4, -0.2) is 16.7 Å². The van der Waals surface area contributed by atoms with E-state index < -0.39 is 23.5 Å². The molecule has 0 unspecified atom stereocenters. The van der Waals surface area contributed by atoms with Crippen molar-refractivity contribution in [2.24, 2.45) is 0 Å². The quantitative estimate of drug-likeness (QED) is 0.572. The number of nitrogens with one attached hydrogen (secondary N) is 1. The number of alkyl halides is 3. The first-order chi connectivity index (χ1) is 3.92. The van der Waals surface area contributed by atoms with Crippen LogP contribution in [0.1, 0.15) is 0 Å². The summed E-state index contributed by atoms with van der Waals surface area (Å²) in [6.45, 7) is 0. The van der Waals surface area contributed by atoms with Crippen LogP contribution in [0.25, 0.3) is 0 Å². The number of rotatable bonds is 1. The van der Waals surface area contributed by atoms with E-state index in [1.165, 1.54) is 0 Å². The number of hydrogen-bond donors (Lipinski definition) is 2. The van der Waals surface area contributed by atoms with Gasteiger partial charge in [0.1, 0.15) is 0 Å². The van der Waals surface area contributed by atoms with Gasteiger partial charge in [0.25, 0.3) is 0 Å². The van der Waals surface area contributed by atoms with E-state index in [1.54, 1.807) is 0 Å². The van der Waals surface area contributed by atoms with Gasteiger partial charge in [-0.25, -0.2) is 4.79 Å². The van der Waals surface area contributed by atoms with Gasteiger partial charge >= 0.3 is 11.6 Å². The van der Waals surface area contributed by atoms with Crippen molar-refractivity contribution >= 4 is 18.0 Å². The van der Waals surface area contributed by atoms with Gasteiger partial charge in [0.2, 0.25) is 0 Å². The zero-order valence-corrected chi connectivity index (χ0v) is 4.71. The zero-order valence-electron chi connectivity index (χ0n) is 3.90. The van der Waals surface area contributed by atoms with Crippen molar-refractivity contribution < 1.29 is 23.1 Å². The number of carboxylic acid groups (broad SMARTS) is 1. The lowest BCUT2D eigenvalue weighted by atomic mass is 11.3. The Morgan fingerprint density at radius 3 is 2.11 bits per heavy atom. The highest BCUT2D eigenvalue weighted by atomic mass is 32.2. The number of hydrogen-bond acceptors (Lipinski definition) is 2. The van der Waals surface area contributed by atoms with Gasteiger partial charge in [0.05, 0.1) is 11.9 Å². The van der Waals surface area contributed by atoms with Crippen LogP contribution < -0.4 is 4.72 Å². The SMILES string of the molecule is O=C(O)NSC(F)(F)F. The lowest BCUT2D eigenvalue weighted by Gasteiger charge is -2.01. The molecule has 0 fully saturated rings. The second kappa shape index (κ2) is 2.81. The molecule has 0 aromatic rings. The molecule has 0 aliphatic heterocycles. The Bertz CT molecular complexity index is 113. The van der Waals surface area contributed by atoms with Gasteiger partial charge in [0.15, 0.2) is 0 Å². The van der Waals surface area contributed by atoms with Crippen molar-refractivity contribution in [3.8, 4) is 0 Å². The third-order valence-corrected chi connectivity index (χ3v) is 0.762. The Morgan fingerprint density at radius 1 is 1.56 bits per heavy atom. The summed E-state index contributed by atoms with van der Waals surface area (Å²) in [5.74, 6) is 0. The number of carbonyl (C=O) groups is 1. The minimum atomic E-state index is -4.54. The molecular formula is C2H2F3NO2S. The van der Waals surface area contributed by atoms with Gasteiger partial charge in [-0.05, 0) is 0 Å². The second-order valence-electron chi connectivity index (χ2n) is 0.955. The number of halogens is 3. The van der Waals surface area contributed by atoms with E-state index in [9.17, 15) is 18.0 Å². The summed E-state index contributed by atoms with van der Waals surface area (Å²) in [4.78, 5) is 9.41. The maximum atomic E-state index is 11.1. The molecule has 0 aromatic carbocycles. The third-order valence-electron chi connectivity index (χ3n) is 0.254. The average molecular weight is 161 g/mol. The predicted octanol–water partition coefficient (Wildman–Crippen LogP) is 1.42. The van der Waals surface area contributed by atoms with Crippen LogP contribution in [0.3, 0.4) is 0 Å². The molecule has 0 atom stereocenters. The Labute approximate surface area is 52.4 Å². The number of amides is 1. The van der Waals surface area contributed by atoms with E-state index in [4.69, 9.17) is 5.11 Å². The van der Waals surface area contributed by atoms with Crippen molar-refractivity contribution in [1.29, 1.82) is 0 Å². The fraction of sp³-hybridized carbons (Fsp3) is 0.500. The summed E-state index contributed by atoms with van der Waals surface area (Å²) in [7, 11) is 0. The first-order valence-electron chi connectivity index (χ1n) is 1.65. The molecule has 2 N–H and O–H groups in total. The van der Waals surface area contributed by atoms with Gasteiger partial charge in [0, 0.05) is 0 Å². The van der Waals surface area contributed by atoms with E-state index in [0.717, 1.165) is 4.72 Å². The topological polar surface area (TPSA) is 49.3 Å². The summed E-state index contributed by atoms with van der Waals surface area (Å²) >= 11 is -0.808. The van der Waals surface area contributed by atoms with Crippen molar-refractivity contribution in [2.45, 2.75) is 5.51 Å². The highest BCUT2D eigenvalue weighted by Gasteiger charge is 2.29. The smallest absolute Gasteiger partial charge is 0.461 e. The van der Waals surface area contributed by atoms with E-state index in [0.29, 0.717) is 0 Å². The molecule has 0 aliphatic rings. The van der Waals surface area contributed by atoms with Crippen LogP contribution >= 0.6 is 11.9 Å². The standard InChI is InChI=1S/C2H2F3NO2S/c3-2(4,5)9-6-1(7)8/h6H,(H,7,8). The highest BCUT2D eigenvalue weighted by Crippen LogP contribution is 2.26. The molecule has 3 nitrogen and oxygen atoms in total. The molecular weight excluding hydrogens is 159 g/mol. The van der Waals surface area contributed by atoms with Crippen LogP contribution in [0.4, 0.5) is 18.0 Å². The van der Waals surface area contributed by atoms with E-state index in [-0.39, 0.29) is 0 Å². The van der Waals surface area contributed by atoms with E-state index in [1.807, 2.05) is 0 Å². The summed E-state index contributed by atoms with van der Waals surface area (Å²) < 4.78 is 34.3. The molecule has 0 heterocycles. The molecule has 0 spiro atoms. The molecule has 0 saturated carbocycles. The Morgan fingerprint density at radius 2 is 2.00 bits per heavy atom. The first-order valence-corrected chi connectivity index (χ1v) is 2.47. The van der Waals surface area contributed by atoms with Crippen LogP contribution in [-0.2, 0) is 0 Å². The maximum absolute atomic E-state index is 11.1. The largest absolute Gasteiger partial charge is 0.464 e. The molecule has 0 rings (SSSR count). The highest BCUT2D eigenvalue weighted by molar-refractivity contribution is 7.98. The molecule has 0 aliphatic carbocycles. The molecule has 9 heavy (non-hydrogen) atoms. The Hall–Kier alpha value is -0.590. The van der Waals surface area contributed by atoms with Crippen LogP contribution in [0, 0.1) is 0 Å². The molecule has 0 saturated heterocycles. The van der Waals surface area contributed by atoms with Crippen LogP contribution in [0.15, 0.2) is 0 Å². The third kappa shape index (κ3) is 7.41.